The van der Waals surface area contributed by atoms with Crippen molar-refractivity contribution in [3.05, 3.63) is 46.4 Å². The molecule has 0 saturated heterocycles. The SMILES string of the molecule is COc1ccc(/C=C/C(=O)O)c(OCc2cscn2)c1. The maximum absolute atomic E-state index is 10.6. The molecule has 6 heteroatoms. The molecule has 0 saturated carbocycles. The lowest BCUT2D eigenvalue weighted by Crippen LogP contribution is -1.98. The van der Waals surface area contributed by atoms with Crippen molar-refractivity contribution in [2.45, 2.75) is 6.61 Å². The van der Waals surface area contributed by atoms with Crippen molar-refractivity contribution in [3.63, 3.8) is 0 Å². The van der Waals surface area contributed by atoms with E-state index in [0.717, 1.165) is 11.8 Å². The quantitative estimate of drug-likeness (QED) is 0.829. The first kappa shape index (κ1) is 14.1. The predicted octanol–water partition coefficient (Wildman–Crippen LogP) is 2.83. The van der Waals surface area contributed by atoms with Crippen LogP contribution in [0, 0.1) is 0 Å². The van der Waals surface area contributed by atoms with Crippen molar-refractivity contribution in [2.24, 2.45) is 0 Å². The molecule has 2 aromatic rings. The van der Waals surface area contributed by atoms with E-state index in [2.05, 4.69) is 4.98 Å². The second kappa shape index (κ2) is 6.72. The molecule has 5 nitrogen and oxygen atoms in total. The van der Waals surface area contributed by atoms with Gasteiger partial charge < -0.3 is 14.6 Å². The van der Waals surface area contributed by atoms with Crippen LogP contribution in [0.4, 0.5) is 0 Å². The molecular formula is C14H13NO4S. The third kappa shape index (κ3) is 3.83. The molecule has 104 valence electrons. The van der Waals surface area contributed by atoms with E-state index in [9.17, 15) is 4.79 Å². The van der Waals surface area contributed by atoms with Crippen LogP contribution in [0.15, 0.2) is 35.2 Å². The van der Waals surface area contributed by atoms with Crippen molar-refractivity contribution in [1.82, 2.24) is 4.98 Å². The topological polar surface area (TPSA) is 68.7 Å². The van der Waals surface area contributed by atoms with Crippen molar-refractivity contribution in [2.75, 3.05) is 7.11 Å². The van der Waals surface area contributed by atoms with E-state index in [0.29, 0.717) is 23.7 Å². The first-order valence-corrected chi connectivity index (χ1v) is 6.72. The van der Waals surface area contributed by atoms with Crippen molar-refractivity contribution in [1.29, 1.82) is 0 Å². The van der Waals surface area contributed by atoms with Crippen LogP contribution in [0.2, 0.25) is 0 Å². The molecule has 1 aromatic heterocycles. The maximum Gasteiger partial charge on any atom is 0.328 e. The van der Waals surface area contributed by atoms with E-state index in [-0.39, 0.29) is 0 Å². The zero-order valence-electron chi connectivity index (χ0n) is 10.8. The molecule has 0 amide bonds. The van der Waals surface area contributed by atoms with Gasteiger partial charge in [-0.2, -0.15) is 0 Å². The highest BCUT2D eigenvalue weighted by Gasteiger charge is 2.05. The molecule has 0 radical (unpaired) electrons. The Labute approximate surface area is 120 Å². The largest absolute Gasteiger partial charge is 0.497 e. The van der Waals surface area contributed by atoms with Gasteiger partial charge in [-0.3, -0.25) is 0 Å². The highest BCUT2D eigenvalue weighted by Crippen LogP contribution is 2.26. The number of carboxylic acid groups (broad SMARTS) is 1. The minimum absolute atomic E-state index is 0.324. The van der Waals surface area contributed by atoms with E-state index < -0.39 is 5.97 Å². The number of thiazole rings is 1. The molecule has 1 aromatic carbocycles. The predicted molar refractivity (Wildman–Crippen MR) is 76.1 cm³/mol. The molecule has 20 heavy (non-hydrogen) atoms. The Morgan fingerprint density at radius 3 is 3.00 bits per heavy atom. The highest BCUT2D eigenvalue weighted by molar-refractivity contribution is 7.07. The first-order valence-electron chi connectivity index (χ1n) is 5.78. The molecule has 0 aliphatic rings. The van der Waals surface area contributed by atoms with Gasteiger partial charge in [0.15, 0.2) is 0 Å². The number of hydrogen-bond acceptors (Lipinski definition) is 5. The Morgan fingerprint density at radius 2 is 2.35 bits per heavy atom. The number of aromatic nitrogens is 1. The van der Waals surface area contributed by atoms with Gasteiger partial charge in [-0.1, -0.05) is 0 Å². The van der Waals surface area contributed by atoms with Gasteiger partial charge in [-0.15, -0.1) is 11.3 Å². The van der Waals surface area contributed by atoms with Gasteiger partial charge in [0.1, 0.15) is 18.1 Å². The van der Waals surface area contributed by atoms with Gasteiger partial charge in [0.05, 0.1) is 18.3 Å². The number of ether oxygens (including phenoxy) is 2. The summed E-state index contributed by atoms with van der Waals surface area (Å²) in [7, 11) is 1.56. The number of carbonyl (C=O) groups is 1. The number of nitrogens with zero attached hydrogens (tertiary/aromatic N) is 1. The summed E-state index contributed by atoms with van der Waals surface area (Å²) in [6, 6.07) is 5.21. The summed E-state index contributed by atoms with van der Waals surface area (Å²) in [6.07, 6.45) is 2.55. The van der Waals surface area contributed by atoms with Gasteiger partial charge in [0.2, 0.25) is 0 Å². The molecular weight excluding hydrogens is 278 g/mol. The summed E-state index contributed by atoms with van der Waals surface area (Å²) in [5.74, 6) is 0.187. The van der Waals surface area contributed by atoms with Crippen molar-refractivity contribution >= 4 is 23.4 Å². The molecule has 2 rings (SSSR count). The molecule has 0 bridgehead atoms. The fraction of sp³-hybridized carbons (Fsp3) is 0.143. The lowest BCUT2D eigenvalue weighted by molar-refractivity contribution is -0.131. The van der Waals surface area contributed by atoms with Gasteiger partial charge in [0.25, 0.3) is 0 Å². The minimum Gasteiger partial charge on any atom is -0.497 e. The summed E-state index contributed by atoms with van der Waals surface area (Å²) in [5, 5.41) is 10.6. The van der Waals surface area contributed by atoms with Gasteiger partial charge >= 0.3 is 5.97 Å². The van der Waals surface area contributed by atoms with Gasteiger partial charge in [0, 0.05) is 23.1 Å². The van der Waals surface area contributed by atoms with Gasteiger partial charge in [-0.05, 0) is 18.2 Å². The van der Waals surface area contributed by atoms with Gasteiger partial charge in [-0.25, -0.2) is 9.78 Å². The number of methoxy groups -OCH3 is 1. The number of rotatable bonds is 6. The third-order valence-electron chi connectivity index (χ3n) is 2.49. The summed E-state index contributed by atoms with van der Waals surface area (Å²) >= 11 is 1.49. The molecule has 0 aliphatic carbocycles. The molecule has 0 unspecified atom stereocenters. The molecule has 0 aliphatic heterocycles. The van der Waals surface area contributed by atoms with E-state index in [4.69, 9.17) is 14.6 Å². The van der Waals surface area contributed by atoms with Crippen LogP contribution >= 0.6 is 11.3 Å². The maximum atomic E-state index is 10.6. The zero-order chi connectivity index (χ0) is 14.4. The fourth-order valence-electron chi connectivity index (χ4n) is 1.53. The lowest BCUT2D eigenvalue weighted by atomic mass is 10.1. The summed E-state index contributed by atoms with van der Waals surface area (Å²) in [5.41, 5.74) is 3.23. The van der Waals surface area contributed by atoms with Crippen LogP contribution in [0.25, 0.3) is 6.08 Å². The molecule has 1 N–H and O–H groups in total. The van der Waals surface area contributed by atoms with Crippen LogP contribution in [0.1, 0.15) is 11.3 Å². The summed E-state index contributed by atoms with van der Waals surface area (Å²) in [4.78, 5) is 14.7. The lowest BCUT2D eigenvalue weighted by Gasteiger charge is -2.10. The van der Waals surface area contributed by atoms with E-state index >= 15 is 0 Å². The van der Waals surface area contributed by atoms with Crippen LogP contribution < -0.4 is 9.47 Å². The molecule has 1 heterocycles. The zero-order valence-corrected chi connectivity index (χ0v) is 11.6. The fourth-order valence-corrected chi connectivity index (χ4v) is 2.07. The third-order valence-corrected chi connectivity index (χ3v) is 3.12. The Bertz CT molecular complexity index is 608. The standard InChI is InChI=1S/C14H13NO4S/c1-18-12-4-2-10(3-5-14(16)17)13(6-12)19-7-11-8-20-9-15-11/h2-6,8-9H,7H2,1H3,(H,16,17)/b5-3+. The van der Waals surface area contributed by atoms with E-state index in [1.54, 1.807) is 30.8 Å². The Hall–Kier alpha value is -2.34. The normalized spacial score (nSPS) is 10.7. The van der Waals surface area contributed by atoms with Crippen molar-refractivity contribution < 1.29 is 19.4 Å². The van der Waals surface area contributed by atoms with E-state index in [1.807, 2.05) is 5.38 Å². The van der Waals surface area contributed by atoms with Crippen LogP contribution in [0.5, 0.6) is 11.5 Å². The number of hydrogen-bond donors (Lipinski definition) is 1. The second-order valence-corrected chi connectivity index (χ2v) is 4.56. The first-order chi connectivity index (χ1) is 9.69. The van der Waals surface area contributed by atoms with Crippen LogP contribution in [-0.4, -0.2) is 23.2 Å². The Kier molecular flexibility index (Phi) is 4.73. The van der Waals surface area contributed by atoms with E-state index in [1.165, 1.54) is 17.4 Å². The average molecular weight is 291 g/mol. The smallest absolute Gasteiger partial charge is 0.328 e. The monoisotopic (exact) mass is 291 g/mol. The van der Waals surface area contributed by atoms with Crippen molar-refractivity contribution in [3.8, 4) is 11.5 Å². The highest BCUT2D eigenvalue weighted by atomic mass is 32.1. The number of benzene rings is 1. The number of aliphatic carboxylic acids is 1. The summed E-state index contributed by atoms with van der Waals surface area (Å²) < 4.78 is 10.8. The summed E-state index contributed by atoms with van der Waals surface area (Å²) in [6.45, 7) is 0.324. The Morgan fingerprint density at radius 1 is 1.50 bits per heavy atom. The molecule has 0 spiro atoms. The van der Waals surface area contributed by atoms with Crippen LogP contribution in [0.3, 0.4) is 0 Å². The minimum atomic E-state index is -1.01. The van der Waals surface area contributed by atoms with Crippen LogP contribution in [-0.2, 0) is 11.4 Å². The number of carboxylic acids is 1. The molecule has 0 atom stereocenters. The Balaban J connectivity index is 2.20. The molecule has 0 fully saturated rings. The second-order valence-electron chi connectivity index (χ2n) is 3.84. The average Bonchev–Trinajstić information content (AvgIpc) is 2.96.